The van der Waals surface area contributed by atoms with Crippen LogP contribution in [-0.2, 0) is 0 Å². The SMILES string of the molecule is CNC(c1cccc(OC(C)C)c1)c1c(C)oc(C)c1C. The third-order valence-corrected chi connectivity index (χ3v) is 3.76. The van der Waals surface area contributed by atoms with E-state index in [-0.39, 0.29) is 12.1 Å². The van der Waals surface area contributed by atoms with Gasteiger partial charge < -0.3 is 14.5 Å². The molecule has 2 rings (SSSR count). The highest BCUT2D eigenvalue weighted by molar-refractivity contribution is 5.42. The van der Waals surface area contributed by atoms with Gasteiger partial charge in [-0.3, -0.25) is 0 Å². The molecule has 1 heterocycles. The van der Waals surface area contributed by atoms with Crippen LogP contribution in [0.15, 0.2) is 28.7 Å². The Balaban J connectivity index is 2.42. The van der Waals surface area contributed by atoms with Gasteiger partial charge in [0.2, 0.25) is 0 Å². The Morgan fingerprint density at radius 2 is 1.81 bits per heavy atom. The smallest absolute Gasteiger partial charge is 0.120 e. The van der Waals surface area contributed by atoms with Crippen molar-refractivity contribution in [3.8, 4) is 5.75 Å². The number of furan rings is 1. The molecule has 0 bridgehead atoms. The molecule has 0 aliphatic rings. The van der Waals surface area contributed by atoms with E-state index in [0.29, 0.717) is 0 Å². The standard InChI is InChI=1S/C18H25NO2/c1-11(2)20-16-9-7-8-15(10-16)18(19-6)17-12(3)13(4)21-14(17)5/h7-11,18-19H,1-6H3. The van der Waals surface area contributed by atoms with Crippen molar-refractivity contribution in [3.63, 3.8) is 0 Å². The molecule has 0 aliphatic heterocycles. The monoisotopic (exact) mass is 287 g/mol. The van der Waals surface area contributed by atoms with Crippen LogP contribution in [-0.4, -0.2) is 13.2 Å². The summed E-state index contributed by atoms with van der Waals surface area (Å²) in [5.41, 5.74) is 3.61. The molecular weight excluding hydrogens is 262 g/mol. The number of rotatable bonds is 5. The van der Waals surface area contributed by atoms with Crippen LogP contribution in [0.4, 0.5) is 0 Å². The van der Waals surface area contributed by atoms with Crippen LogP contribution in [0.2, 0.25) is 0 Å². The van der Waals surface area contributed by atoms with Gasteiger partial charge in [0.1, 0.15) is 17.3 Å². The summed E-state index contributed by atoms with van der Waals surface area (Å²) < 4.78 is 11.6. The van der Waals surface area contributed by atoms with Crippen LogP contribution in [0.5, 0.6) is 5.75 Å². The van der Waals surface area contributed by atoms with Gasteiger partial charge in [-0.15, -0.1) is 0 Å². The number of aryl methyl sites for hydroxylation is 2. The summed E-state index contributed by atoms with van der Waals surface area (Å²) in [4.78, 5) is 0. The lowest BCUT2D eigenvalue weighted by atomic mass is 9.95. The van der Waals surface area contributed by atoms with Gasteiger partial charge in [0.05, 0.1) is 12.1 Å². The van der Waals surface area contributed by atoms with E-state index in [2.05, 4.69) is 24.4 Å². The van der Waals surface area contributed by atoms with Crippen LogP contribution >= 0.6 is 0 Å². The second-order valence-corrected chi connectivity index (χ2v) is 5.71. The summed E-state index contributed by atoms with van der Waals surface area (Å²) >= 11 is 0. The molecule has 21 heavy (non-hydrogen) atoms. The summed E-state index contributed by atoms with van der Waals surface area (Å²) in [6.07, 6.45) is 0.174. The van der Waals surface area contributed by atoms with Crippen LogP contribution in [0.25, 0.3) is 0 Å². The summed E-state index contributed by atoms with van der Waals surface area (Å²) in [5, 5.41) is 3.39. The Hall–Kier alpha value is -1.74. The molecule has 3 heteroatoms. The van der Waals surface area contributed by atoms with Gasteiger partial charge in [-0.05, 0) is 64.9 Å². The first-order valence-corrected chi connectivity index (χ1v) is 7.44. The van der Waals surface area contributed by atoms with Crippen LogP contribution in [0.1, 0.15) is 48.1 Å². The Morgan fingerprint density at radius 3 is 2.33 bits per heavy atom. The van der Waals surface area contributed by atoms with Gasteiger partial charge >= 0.3 is 0 Å². The summed E-state index contributed by atoms with van der Waals surface area (Å²) in [6.45, 7) is 10.2. The highest BCUT2D eigenvalue weighted by atomic mass is 16.5. The minimum atomic E-state index is 0.109. The molecule has 0 radical (unpaired) electrons. The lowest BCUT2D eigenvalue weighted by Crippen LogP contribution is -2.19. The van der Waals surface area contributed by atoms with E-state index < -0.39 is 0 Å². The highest BCUT2D eigenvalue weighted by Gasteiger charge is 2.21. The van der Waals surface area contributed by atoms with Crippen molar-refractivity contribution in [2.45, 2.75) is 46.8 Å². The molecule has 1 atom stereocenters. The molecule has 0 fully saturated rings. The lowest BCUT2D eigenvalue weighted by Gasteiger charge is -2.19. The molecule has 1 aromatic heterocycles. The average Bonchev–Trinajstić information content (AvgIpc) is 2.66. The number of nitrogens with one attached hydrogen (secondary N) is 1. The minimum absolute atomic E-state index is 0.109. The van der Waals surface area contributed by atoms with Crippen LogP contribution in [0.3, 0.4) is 0 Å². The van der Waals surface area contributed by atoms with E-state index in [0.717, 1.165) is 17.3 Å². The topological polar surface area (TPSA) is 34.4 Å². The first-order valence-electron chi connectivity index (χ1n) is 7.44. The fourth-order valence-electron chi connectivity index (χ4n) is 2.75. The summed E-state index contributed by atoms with van der Waals surface area (Å²) in [7, 11) is 1.97. The molecule has 114 valence electrons. The molecule has 0 aliphatic carbocycles. The van der Waals surface area contributed by atoms with Crippen molar-refractivity contribution in [1.82, 2.24) is 5.32 Å². The summed E-state index contributed by atoms with van der Waals surface area (Å²) in [5.74, 6) is 2.86. The number of hydrogen-bond donors (Lipinski definition) is 1. The Bertz CT molecular complexity index is 614. The van der Waals surface area contributed by atoms with Crippen molar-refractivity contribution >= 4 is 0 Å². The second-order valence-electron chi connectivity index (χ2n) is 5.71. The average molecular weight is 287 g/mol. The van der Waals surface area contributed by atoms with Gasteiger partial charge in [0, 0.05) is 5.56 Å². The van der Waals surface area contributed by atoms with E-state index in [1.807, 2.05) is 46.9 Å². The molecule has 1 aromatic carbocycles. The van der Waals surface area contributed by atoms with Crippen molar-refractivity contribution in [1.29, 1.82) is 0 Å². The van der Waals surface area contributed by atoms with Crippen molar-refractivity contribution in [2.75, 3.05) is 7.05 Å². The van der Waals surface area contributed by atoms with Gasteiger partial charge in [-0.2, -0.15) is 0 Å². The molecule has 1 unspecified atom stereocenters. The zero-order valence-corrected chi connectivity index (χ0v) is 13.8. The van der Waals surface area contributed by atoms with Gasteiger partial charge in [0.25, 0.3) is 0 Å². The summed E-state index contributed by atoms with van der Waals surface area (Å²) in [6, 6.07) is 8.36. The number of ether oxygens (including phenoxy) is 1. The van der Waals surface area contributed by atoms with Crippen LogP contribution in [0, 0.1) is 20.8 Å². The molecular formula is C18H25NO2. The Kier molecular flexibility index (Phi) is 4.73. The maximum absolute atomic E-state index is 5.80. The fourth-order valence-corrected chi connectivity index (χ4v) is 2.75. The Morgan fingerprint density at radius 1 is 1.10 bits per heavy atom. The molecule has 0 spiro atoms. The Labute approximate surface area is 127 Å². The maximum atomic E-state index is 5.80. The van der Waals surface area contributed by atoms with Gasteiger partial charge in [-0.1, -0.05) is 12.1 Å². The predicted molar refractivity (Wildman–Crippen MR) is 86.0 cm³/mol. The van der Waals surface area contributed by atoms with Crippen molar-refractivity contribution < 1.29 is 9.15 Å². The minimum Gasteiger partial charge on any atom is -0.491 e. The molecule has 1 N–H and O–H groups in total. The normalized spacial score (nSPS) is 12.7. The first kappa shape index (κ1) is 15.6. The van der Waals surface area contributed by atoms with Gasteiger partial charge in [0.15, 0.2) is 0 Å². The van der Waals surface area contributed by atoms with E-state index in [4.69, 9.17) is 9.15 Å². The third-order valence-electron chi connectivity index (χ3n) is 3.76. The zero-order chi connectivity index (χ0) is 15.6. The zero-order valence-electron chi connectivity index (χ0n) is 13.8. The largest absolute Gasteiger partial charge is 0.491 e. The van der Waals surface area contributed by atoms with E-state index in [1.54, 1.807) is 0 Å². The highest BCUT2D eigenvalue weighted by Crippen LogP contribution is 2.32. The molecule has 2 aromatic rings. The van der Waals surface area contributed by atoms with Gasteiger partial charge in [-0.25, -0.2) is 0 Å². The fraction of sp³-hybridized carbons (Fsp3) is 0.444. The van der Waals surface area contributed by atoms with E-state index in [1.165, 1.54) is 16.7 Å². The molecule has 0 saturated carbocycles. The lowest BCUT2D eigenvalue weighted by molar-refractivity contribution is 0.242. The molecule has 0 amide bonds. The number of hydrogen-bond acceptors (Lipinski definition) is 3. The quantitative estimate of drug-likeness (QED) is 0.890. The maximum Gasteiger partial charge on any atom is 0.120 e. The second kappa shape index (κ2) is 6.35. The van der Waals surface area contributed by atoms with E-state index in [9.17, 15) is 0 Å². The third kappa shape index (κ3) is 3.30. The number of benzene rings is 1. The van der Waals surface area contributed by atoms with Crippen LogP contribution < -0.4 is 10.1 Å². The predicted octanol–water partition coefficient (Wildman–Crippen LogP) is 4.30. The van der Waals surface area contributed by atoms with Crippen molar-refractivity contribution in [2.24, 2.45) is 0 Å². The first-order chi connectivity index (χ1) is 9.93. The molecule has 3 nitrogen and oxygen atoms in total. The van der Waals surface area contributed by atoms with Crippen molar-refractivity contribution in [3.05, 3.63) is 52.5 Å². The molecule has 0 saturated heterocycles. The van der Waals surface area contributed by atoms with E-state index >= 15 is 0 Å².